The molecule has 2 aromatic heterocycles. The van der Waals surface area contributed by atoms with E-state index in [-0.39, 0.29) is 5.56 Å². The lowest BCUT2D eigenvalue weighted by molar-refractivity contribution is 0.340. The highest BCUT2D eigenvalue weighted by atomic mass is 32.1. The SMILES string of the molecule is CCOc1cccc(-c2nn3c(=O)c4ccccc4nc3s2)c1. The summed E-state index contributed by atoms with van der Waals surface area (Å²) in [6, 6.07) is 15.0. The Morgan fingerprint density at radius 3 is 2.91 bits per heavy atom. The van der Waals surface area contributed by atoms with Crippen molar-refractivity contribution in [3.63, 3.8) is 0 Å². The van der Waals surface area contributed by atoms with Crippen molar-refractivity contribution >= 4 is 27.2 Å². The van der Waals surface area contributed by atoms with Gasteiger partial charge < -0.3 is 4.74 Å². The van der Waals surface area contributed by atoms with Gasteiger partial charge in [0, 0.05) is 5.56 Å². The van der Waals surface area contributed by atoms with Crippen LogP contribution in [-0.4, -0.2) is 21.2 Å². The molecule has 0 aliphatic heterocycles. The standard InChI is InChI=1S/C17H13N3O2S/c1-2-22-12-7-5-6-11(10-12)15-19-20-16(21)13-8-3-4-9-14(13)18-17(20)23-15/h3-10H,2H2,1H3. The monoisotopic (exact) mass is 323 g/mol. The Kier molecular flexibility index (Phi) is 3.31. The van der Waals surface area contributed by atoms with Gasteiger partial charge in [0.15, 0.2) is 0 Å². The van der Waals surface area contributed by atoms with Crippen molar-refractivity contribution in [1.82, 2.24) is 14.6 Å². The van der Waals surface area contributed by atoms with E-state index >= 15 is 0 Å². The zero-order valence-corrected chi connectivity index (χ0v) is 13.2. The molecule has 0 amide bonds. The van der Waals surface area contributed by atoms with Crippen LogP contribution in [0.1, 0.15) is 6.92 Å². The molecule has 23 heavy (non-hydrogen) atoms. The average molecular weight is 323 g/mol. The van der Waals surface area contributed by atoms with Crippen molar-refractivity contribution in [3.8, 4) is 16.3 Å². The predicted molar refractivity (Wildman–Crippen MR) is 91.2 cm³/mol. The first-order valence-corrected chi connectivity index (χ1v) is 8.10. The maximum Gasteiger partial charge on any atom is 0.283 e. The maximum atomic E-state index is 12.5. The van der Waals surface area contributed by atoms with Gasteiger partial charge in [-0.1, -0.05) is 35.6 Å². The molecule has 0 saturated heterocycles. The van der Waals surface area contributed by atoms with Gasteiger partial charge in [-0.05, 0) is 31.2 Å². The molecule has 0 radical (unpaired) electrons. The van der Waals surface area contributed by atoms with Crippen LogP contribution >= 0.6 is 11.3 Å². The highest BCUT2D eigenvalue weighted by Crippen LogP contribution is 2.27. The van der Waals surface area contributed by atoms with E-state index in [0.29, 0.717) is 22.5 Å². The molecule has 2 heterocycles. The van der Waals surface area contributed by atoms with Gasteiger partial charge in [-0.25, -0.2) is 4.98 Å². The van der Waals surface area contributed by atoms with Crippen LogP contribution in [0.3, 0.4) is 0 Å². The van der Waals surface area contributed by atoms with Crippen LogP contribution in [0.25, 0.3) is 26.4 Å². The van der Waals surface area contributed by atoms with Crippen LogP contribution in [0.2, 0.25) is 0 Å². The molecule has 4 rings (SSSR count). The lowest BCUT2D eigenvalue weighted by Gasteiger charge is -2.03. The van der Waals surface area contributed by atoms with Gasteiger partial charge in [0.25, 0.3) is 5.56 Å². The van der Waals surface area contributed by atoms with Crippen LogP contribution in [-0.2, 0) is 0 Å². The number of fused-ring (bicyclic) bond motifs is 2. The van der Waals surface area contributed by atoms with Gasteiger partial charge in [-0.3, -0.25) is 4.79 Å². The van der Waals surface area contributed by atoms with Gasteiger partial charge >= 0.3 is 0 Å². The van der Waals surface area contributed by atoms with E-state index in [9.17, 15) is 4.79 Å². The molecular weight excluding hydrogens is 310 g/mol. The highest BCUT2D eigenvalue weighted by Gasteiger charge is 2.12. The Bertz CT molecular complexity index is 1070. The number of ether oxygens (including phenoxy) is 1. The van der Waals surface area contributed by atoms with Crippen molar-refractivity contribution in [2.24, 2.45) is 0 Å². The second-order valence-corrected chi connectivity index (χ2v) is 5.95. The van der Waals surface area contributed by atoms with E-state index < -0.39 is 0 Å². The van der Waals surface area contributed by atoms with Gasteiger partial charge in [0.1, 0.15) is 10.8 Å². The fraction of sp³-hybridized carbons (Fsp3) is 0.118. The highest BCUT2D eigenvalue weighted by molar-refractivity contribution is 7.19. The fourth-order valence-electron chi connectivity index (χ4n) is 2.46. The minimum absolute atomic E-state index is 0.144. The molecule has 0 aliphatic rings. The zero-order chi connectivity index (χ0) is 15.8. The summed E-state index contributed by atoms with van der Waals surface area (Å²) in [6.07, 6.45) is 0. The molecule has 0 N–H and O–H groups in total. The summed E-state index contributed by atoms with van der Waals surface area (Å²) < 4.78 is 6.89. The molecule has 5 nitrogen and oxygen atoms in total. The summed E-state index contributed by atoms with van der Waals surface area (Å²) in [5.74, 6) is 0.787. The molecular formula is C17H13N3O2S. The summed E-state index contributed by atoms with van der Waals surface area (Å²) >= 11 is 1.39. The first-order valence-electron chi connectivity index (χ1n) is 7.28. The number of aromatic nitrogens is 3. The third kappa shape index (κ3) is 2.37. The van der Waals surface area contributed by atoms with Crippen molar-refractivity contribution in [1.29, 1.82) is 0 Å². The van der Waals surface area contributed by atoms with Gasteiger partial charge in [-0.2, -0.15) is 9.61 Å². The largest absolute Gasteiger partial charge is 0.494 e. The Balaban J connectivity index is 1.92. The second-order valence-electron chi connectivity index (χ2n) is 5.00. The van der Waals surface area contributed by atoms with E-state index in [1.165, 1.54) is 15.9 Å². The van der Waals surface area contributed by atoms with E-state index in [4.69, 9.17) is 4.74 Å². The quantitative estimate of drug-likeness (QED) is 0.580. The third-order valence-electron chi connectivity index (χ3n) is 3.49. The molecule has 0 bridgehead atoms. The van der Waals surface area contributed by atoms with E-state index in [1.54, 1.807) is 6.07 Å². The number of para-hydroxylation sites is 1. The number of benzene rings is 2. The van der Waals surface area contributed by atoms with Gasteiger partial charge in [0.2, 0.25) is 4.96 Å². The molecule has 114 valence electrons. The summed E-state index contributed by atoms with van der Waals surface area (Å²) in [4.78, 5) is 17.7. The molecule has 0 unspecified atom stereocenters. The van der Waals surface area contributed by atoms with Gasteiger partial charge in [0.05, 0.1) is 17.5 Å². The number of rotatable bonds is 3. The topological polar surface area (TPSA) is 56.5 Å². The van der Waals surface area contributed by atoms with E-state index in [1.807, 2.05) is 49.4 Å². The molecule has 0 atom stereocenters. The molecule has 0 spiro atoms. The number of hydrogen-bond acceptors (Lipinski definition) is 5. The molecule has 0 aliphatic carbocycles. The molecule has 6 heteroatoms. The molecule has 4 aromatic rings. The minimum Gasteiger partial charge on any atom is -0.494 e. The smallest absolute Gasteiger partial charge is 0.283 e. The summed E-state index contributed by atoms with van der Waals surface area (Å²) in [6.45, 7) is 2.55. The van der Waals surface area contributed by atoms with Crippen molar-refractivity contribution in [2.45, 2.75) is 6.92 Å². The Morgan fingerprint density at radius 1 is 1.17 bits per heavy atom. The van der Waals surface area contributed by atoms with Crippen LogP contribution < -0.4 is 10.3 Å². The fourth-order valence-corrected chi connectivity index (χ4v) is 3.35. The van der Waals surface area contributed by atoms with Crippen molar-refractivity contribution in [2.75, 3.05) is 6.61 Å². The number of hydrogen-bond donors (Lipinski definition) is 0. The Labute approximate surface area is 135 Å². The maximum absolute atomic E-state index is 12.5. The summed E-state index contributed by atoms with van der Waals surface area (Å²) in [7, 11) is 0. The first kappa shape index (κ1) is 13.9. The normalized spacial score (nSPS) is 11.2. The third-order valence-corrected chi connectivity index (χ3v) is 4.45. The predicted octanol–water partition coefficient (Wildman–Crippen LogP) is 3.37. The van der Waals surface area contributed by atoms with E-state index in [0.717, 1.165) is 16.3 Å². The van der Waals surface area contributed by atoms with Crippen LogP contribution in [0.15, 0.2) is 53.3 Å². The zero-order valence-electron chi connectivity index (χ0n) is 12.4. The van der Waals surface area contributed by atoms with Crippen LogP contribution in [0, 0.1) is 0 Å². The van der Waals surface area contributed by atoms with Crippen LogP contribution in [0.5, 0.6) is 5.75 Å². The molecule has 0 saturated carbocycles. The Hall–Kier alpha value is -2.73. The lowest BCUT2D eigenvalue weighted by atomic mass is 10.2. The summed E-state index contributed by atoms with van der Waals surface area (Å²) in [5.41, 5.74) is 1.46. The summed E-state index contributed by atoms with van der Waals surface area (Å²) in [5, 5.41) is 5.75. The second kappa shape index (κ2) is 5.48. The Morgan fingerprint density at radius 2 is 2.04 bits per heavy atom. The van der Waals surface area contributed by atoms with Crippen molar-refractivity contribution < 1.29 is 4.74 Å². The number of nitrogens with zero attached hydrogens (tertiary/aromatic N) is 3. The minimum atomic E-state index is -0.144. The van der Waals surface area contributed by atoms with Crippen molar-refractivity contribution in [3.05, 3.63) is 58.9 Å². The lowest BCUT2D eigenvalue weighted by Crippen LogP contribution is -2.14. The van der Waals surface area contributed by atoms with Gasteiger partial charge in [-0.15, -0.1) is 0 Å². The first-order chi connectivity index (χ1) is 11.3. The van der Waals surface area contributed by atoms with E-state index in [2.05, 4.69) is 10.1 Å². The molecule has 0 fully saturated rings. The molecule has 2 aromatic carbocycles. The average Bonchev–Trinajstić information content (AvgIpc) is 3.00. The van der Waals surface area contributed by atoms with Crippen LogP contribution in [0.4, 0.5) is 0 Å².